The molecule has 1 fully saturated rings. The zero-order valence-corrected chi connectivity index (χ0v) is 20.2. The molecule has 1 heterocycles. The maximum absolute atomic E-state index is 12.9. The molecule has 1 aliphatic rings. The fourth-order valence-corrected chi connectivity index (χ4v) is 4.39. The van der Waals surface area contributed by atoms with Crippen LogP contribution in [0.3, 0.4) is 0 Å². The van der Waals surface area contributed by atoms with Crippen LogP contribution in [0.4, 0.5) is 0 Å². The molecule has 8 heteroatoms. The van der Waals surface area contributed by atoms with E-state index >= 15 is 0 Å². The number of hydrogen-bond acceptors (Lipinski definition) is 5. The summed E-state index contributed by atoms with van der Waals surface area (Å²) in [6.45, 7) is 2.30. The molecule has 8 nitrogen and oxygen atoms in total. The van der Waals surface area contributed by atoms with E-state index < -0.39 is 11.8 Å². The Morgan fingerprint density at radius 2 is 1.75 bits per heavy atom. The summed E-state index contributed by atoms with van der Waals surface area (Å²) in [7, 11) is 0. The van der Waals surface area contributed by atoms with Crippen molar-refractivity contribution >= 4 is 28.5 Å². The molecule has 0 spiro atoms. The highest BCUT2D eigenvalue weighted by Gasteiger charge is 2.27. The second-order valence-corrected chi connectivity index (χ2v) is 8.92. The van der Waals surface area contributed by atoms with Gasteiger partial charge in [0.2, 0.25) is 11.8 Å². The predicted molar refractivity (Wildman–Crippen MR) is 139 cm³/mol. The Morgan fingerprint density at radius 3 is 2.50 bits per heavy atom. The number of rotatable bonds is 11. The summed E-state index contributed by atoms with van der Waals surface area (Å²) in [4.78, 5) is 38.6. The number of ether oxygens (including phenoxy) is 1. The van der Waals surface area contributed by atoms with Gasteiger partial charge >= 0.3 is 0 Å². The zero-order valence-electron chi connectivity index (χ0n) is 20.2. The van der Waals surface area contributed by atoms with Gasteiger partial charge in [-0.25, -0.2) is 0 Å². The lowest BCUT2D eigenvalue weighted by Crippen LogP contribution is -2.56. The highest BCUT2D eigenvalue weighted by atomic mass is 16.5. The Bertz CT molecular complexity index is 1210. The van der Waals surface area contributed by atoms with Crippen LogP contribution in [0.5, 0.6) is 5.75 Å². The van der Waals surface area contributed by atoms with Crippen LogP contribution in [0.15, 0.2) is 66.7 Å². The summed E-state index contributed by atoms with van der Waals surface area (Å²) < 4.78 is 6.00. The van der Waals surface area contributed by atoms with E-state index in [0.717, 1.165) is 35.7 Å². The minimum Gasteiger partial charge on any atom is -0.493 e. The molecule has 1 aliphatic heterocycles. The Hall–Kier alpha value is -3.91. The van der Waals surface area contributed by atoms with E-state index in [9.17, 15) is 14.4 Å². The van der Waals surface area contributed by atoms with Gasteiger partial charge in [-0.1, -0.05) is 54.6 Å². The molecular weight excluding hydrogens is 456 g/mol. The summed E-state index contributed by atoms with van der Waals surface area (Å²) in [5.41, 5.74) is 6.66. The van der Waals surface area contributed by atoms with E-state index in [1.54, 1.807) is 6.07 Å². The third kappa shape index (κ3) is 6.60. The molecule has 0 aliphatic carbocycles. The van der Waals surface area contributed by atoms with Gasteiger partial charge in [0.05, 0.1) is 24.8 Å². The molecule has 0 unspecified atom stereocenters. The van der Waals surface area contributed by atoms with Crippen molar-refractivity contribution in [3.63, 3.8) is 0 Å². The smallest absolute Gasteiger partial charge is 0.255 e. The number of carbonyl (C=O) groups excluding carboxylic acids is 3. The second kappa shape index (κ2) is 12.2. The molecule has 4 N–H and O–H groups in total. The topological polar surface area (TPSA) is 114 Å². The number of nitrogens with two attached hydrogens (primary N) is 1. The molecule has 188 valence electrons. The van der Waals surface area contributed by atoms with Gasteiger partial charge in [-0.2, -0.15) is 0 Å². The summed E-state index contributed by atoms with van der Waals surface area (Å²) >= 11 is 0. The van der Waals surface area contributed by atoms with E-state index in [2.05, 4.69) is 10.6 Å². The molecule has 36 heavy (non-hydrogen) atoms. The molecular formula is C28H32N4O4. The van der Waals surface area contributed by atoms with E-state index in [-0.39, 0.29) is 18.5 Å². The van der Waals surface area contributed by atoms with Crippen molar-refractivity contribution < 1.29 is 19.1 Å². The van der Waals surface area contributed by atoms with E-state index in [1.807, 2.05) is 65.6 Å². The summed E-state index contributed by atoms with van der Waals surface area (Å²) in [5.74, 6) is -0.434. The third-order valence-corrected chi connectivity index (χ3v) is 6.26. The lowest BCUT2D eigenvalue weighted by Gasteiger charge is -2.33. The highest BCUT2D eigenvalue weighted by molar-refractivity contribution is 6.02. The molecule has 0 aromatic heterocycles. The molecule has 0 bridgehead atoms. The fraction of sp³-hybridized carbons (Fsp3) is 0.321. The monoisotopic (exact) mass is 488 g/mol. The lowest BCUT2D eigenvalue weighted by atomic mass is 10.0. The molecule has 1 atom stereocenters. The van der Waals surface area contributed by atoms with Gasteiger partial charge in [-0.05, 0) is 47.7 Å². The van der Waals surface area contributed by atoms with Crippen LogP contribution < -0.4 is 21.1 Å². The molecule has 3 amide bonds. The number of benzene rings is 3. The van der Waals surface area contributed by atoms with Crippen LogP contribution in [0.1, 0.15) is 28.8 Å². The largest absolute Gasteiger partial charge is 0.493 e. The van der Waals surface area contributed by atoms with Gasteiger partial charge in [0, 0.05) is 19.6 Å². The van der Waals surface area contributed by atoms with Gasteiger partial charge in [0.15, 0.2) is 0 Å². The van der Waals surface area contributed by atoms with Crippen molar-refractivity contribution in [2.75, 3.05) is 32.8 Å². The lowest BCUT2D eigenvalue weighted by molar-refractivity contribution is -0.135. The maximum Gasteiger partial charge on any atom is 0.255 e. The van der Waals surface area contributed by atoms with Crippen LogP contribution in [-0.2, 0) is 16.0 Å². The number of amides is 3. The number of carbonyl (C=O) groups is 3. The molecule has 0 saturated carbocycles. The van der Waals surface area contributed by atoms with E-state index in [4.69, 9.17) is 10.5 Å². The van der Waals surface area contributed by atoms with Gasteiger partial charge in [-0.3, -0.25) is 14.4 Å². The third-order valence-electron chi connectivity index (χ3n) is 6.26. The SMILES string of the molecule is NC(=O)CNC(=O)c1cc2ccccc2cc1OCCCCN1CCN[C@@H](Cc2ccccc2)C1=O. The van der Waals surface area contributed by atoms with E-state index in [0.29, 0.717) is 37.4 Å². The average Bonchev–Trinajstić information content (AvgIpc) is 2.89. The molecule has 4 rings (SSSR count). The van der Waals surface area contributed by atoms with Crippen LogP contribution >= 0.6 is 0 Å². The highest BCUT2D eigenvalue weighted by Crippen LogP contribution is 2.26. The van der Waals surface area contributed by atoms with Crippen molar-refractivity contribution in [2.24, 2.45) is 5.73 Å². The van der Waals surface area contributed by atoms with Crippen molar-refractivity contribution in [3.05, 3.63) is 77.9 Å². The maximum atomic E-state index is 12.9. The number of nitrogens with one attached hydrogen (secondary N) is 2. The molecule has 3 aromatic rings. The first-order valence-electron chi connectivity index (χ1n) is 12.3. The molecule has 0 radical (unpaired) electrons. The van der Waals surface area contributed by atoms with Gasteiger partial charge in [0.1, 0.15) is 5.75 Å². The van der Waals surface area contributed by atoms with Crippen LogP contribution in [-0.4, -0.2) is 61.4 Å². The standard InChI is InChI=1S/C28H32N4O4/c29-26(33)19-31-27(34)23-17-21-10-4-5-11-22(21)18-25(23)36-15-7-6-13-32-14-12-30-24(28(32)35)16-20-8-2-1-3-9-20/h1-5,8-11,17-18,24,30H,6-7,12-16,19H2,(H2,29,33)(H,31,34)/t24-/m0/s1. The fourth-order valence-electron chi connectivity index (χ4n) is 4.39. The van der Waals surface area contributed by atoms with Crippen molar-refractivity contribution in [1.29, 1.82) is 0 Å². The van der Waals surface area contributed by atoms with Crippen LogP contribution in [0.2, 0.25) is 0 Å². The second-order valence-electron chi connectivity index (χ2n) is 8.92. The minimum atomic E-state index is -0.611. The number of piperazine rings is 1. The van der Waals surface area contributed by atoms with Crippen molar-refractivity contribution in [2.45, 2.75) is 25.3 Å². The van der Waals surface area contributed by atoms with Crippen LogP contribution in [0, 0.1) is 0 Å². The number of unbranched alkanes of at least 4 members (excludes halogenated alkanes) is 1. The van der Waals surface area contributed by atoms with Gasteiger partial charge < -0.3 is 26.0 Å². The van der Waals surface area contributed by atoms with Crippen molar-refractivity contribution in [3.8, 4) is 5.75 Å². The Kier molecular flexibility index (Phi) is 8.52. The Balaban J connectivity index is 1.31. The first kappa shape index (κ1) is 25.2. The summed E-state index contributed by atoms with van der Waals surface area (Å²) in [6, 6.07) is 21.1. The first-order chi connectivity index (χ1) is 17.5. The van der Waals surface area contributed by atoms with Gasteiger partial charge in [-0.15, -0.1) is 0 Å². The minimum absolute atomic E-state index is 0.133. The van der Waals surface area contributed by atoms with Crippen LogP contribution in [0.25, 0.3) is 10.8 Å². The van der Waals surface area contributed by atoms with Crippen molar-refractivity contribution in [1.82, 2.24) is 15.5 Å². The average molecular weight is 489 g/mol. The predicted octanol–water partition coefficient (Wildman–Crippen LogP) is 2.26. The Morgan fingerprint density at radius 1 is 1.03 bits per heavy atom. The zero-order chi connectivity index (χ0) is 25.3. The normalized spacial score (nSPS) is 15.6. The number of primary amides is 1. The molecule has 3 aromatic carbocycles. The summed E-state index contributed by atoms with van der Waals surface area (Å²) in [5, 5.41) is 7.72. The quantitative estimate of drug-likeness (QED) is 0.358. The Labute approximate surface area is 210 Å². The molecule has 1 saturated heterocycles. The number of hydrogen-bond donors (Lipinski definition) is 3. The number of nitrogens with zero attached hydrogens (tertiary/aromatic N) is 1. The first-order valence-corrected chi connectivity index (χ1v) is 12.3. The number of fused-ring (bicyclic) bond motifs is 1. The summed E-state index contributed by atoms with van der Waals surface area (Å²) in [6.07, 6.45) is 2.21. The van der Waals surface area contributed by atoms with Gasteiger partial charge in [0.25, 0.3) is 5.91 Å². The van der Waals surface area contributed by atoms with E-state index in [1.165, 1.54) is 0 Å².